The molecule has 2 heterocycles. The first-order valence-electron chi connectivity index (χ1n) is 6.20. The summed E-state index contributed by atoms with van der Waals surface area (Å²) in [6, 6.07) is 1.67. The number of rotatable bonds is 6. The van der Waals surface area contributed by atoms with E-state index < -0.39 is 0 Å². The van der Waals surface area contributed by atoms with E-state index in [0.717, 1.165) is 18.5 Å². The average Bonchev–Trinajstić information content (AvgIpc) is 2.77. The molecule has 2 rings (SSSR count). The van der Waals surface area contributed by atoms with Crippen LogP contribution in [0.2, 0.25) is 0 Å². The fourth-order valence-electron chi connectivity index (χ4n) is 1.88. The molecule has 0 atom stereocenters. The van der Waals surface area contributed by atoms with E-state index in [-0.39, 0.29) is 5.88 Å². The van der Waals surface area contributed by atoms with Gasteiger partial charge in [0.2, 0.25) is 5.88 Å². The molecule has 0 aliphatic carbocycles. The van der Waals surface area contributed by atoms with Crippen LogP contribution in [0.3, 0.4) is 0 Å². The maximum absolute atomic E-state index is 9.70. The number of nitrogens with zero attached hydrogens (tertiary/aromatic N) is 4. The van der Waals surface area contributed by atoms with E-state index in [9.17, 15) is 5.11 Å². The third kappa shape index (κ3) is 2.93. The molecule has 0 spiro atoms. The van der Waals surface area contributed by atoms with Crippen LogP contribution in [0.5, 0.6) is 5.88 Å². The van der Waals surface area contributed by atoms with Gasteiger partial charge in [0.05, 0.1) is 0 Å². The second-order valence-electron chi connectivity index (χ2n) is 4.24. The molecule has 0 aliphatic rings. The van der Waals surface area contributed by atoms with E-state index in [1.807, 2.05) is 0 Å². The Labute approximate surface area is 101 Å². The van der Waals surface area contributed by atoms with Crippen LogP contribution in [0.25, 0.3) is 5.78 Å². The lowest BCUT2D eigenvalue weighted by molar-refractivity contribution is 0.433. The zero-order chi connectivity index (χ0) is 12.1. The number of aromatic hydroxyl groups is 1. The van der Waals surface area contributed by atoms with Gasteiger partial charge in [0.1, 0.15) is 6.33 Å². The van der Waals surface area contributed by atoms with Gasteiger partial charge in [-0.15, -0.1) is 0 Å². The van der Waals surface area contributed by atoms with Crippen molar-refractivity contribution in [1.82, 2.24) is 19.6 Å². The number of unbranched alkanes of at least 4 members (excludes halogenated alkanes) is 4. The standard InChI is InChI=1S/C12H18N4O/c1-2-3-4-5-6-7-10-8-11(17)16-12(15-10)13-9-14-16/h8-9,17H,2-7H2,1H3. The fraction of sp³-hybridized carbons (Fsp3) is 0.583. The van der Waals surface area contributed by atoms with Gasteiger partial charge < -0.3 is 5.11 Å². The minimum Gasteiger partial charge on any atom is -0.493 e. The Morgan fingerprint density at radius 1 is 1.24 bits per heavy atom. The first-order chi connectivity index (χ1) is 8.31. The van der Waals surface area contributed by atoms with Gasteiger partial charge in [-0.25, -0.2) is 4.98 Å². The fourth-order valence-corrected chi connectivity index (χ4v) is 1.88. The molecular formula is C12H18N4O. The summed E-state index contributed by atoms with van der Waals surface area (Å²) >= 11 is 0. The van der Waals surface area contributed by atoms with E-state index in [2.05, 4.69) is 22.0 Å². The normalized spacial score (nSPS) is 11.1. The van der Waals surface area contributed by atoms with E-state index in [1.165, 1.54) is 36.5 Å². The summed E-state index contributed by atoms with van der Waals surface area (Å²) in [5.41, 5.74) is 0.888. The van der Waals surface area contributed by atoms with Gasteiger partial charge in [-0.2, -0.15) is 14.6 Å². The molecule has 0 fully saturated rings. The van der Waals surface area contributed by atoms with Crippen LogP contribution in [0.15, 0.2) is 12.4 Å². The van der Waals surface area contributed by atoms with Crippen LogP contribution in [-0.2, 0) is 6.42 Å². The van der Waals surface area contributed by atoms with Crippen LogP contribution in [0.1, 0.15) is 44.7 Å². The third-order valence-corrected chi connectivity index (χ3v) is 2.82. The van der Waals surface area contributed by atoms with Crippen molar-refractivity contribution in [1.29, 1.82) is 0 Å². The molecule has 0 amide bonds. The highest BCUT2D eigenvalue weighted by Gasteiger charge is 2.05. The SMILES string of the molecule is CCCCCCCc1cc(O)n2ncnc2n1. The Hall–Kier alpha value is -1.65. The van der Waals surface area contributed by atoms with Gasteiger partial charge in [0.25, 0.3) is 5.78 Å². The van der Waals surface area contributed by atoms with Crippen molar-refractivity contribution in [3.8, 4) is 5.88 Å². The lowest BCUT2D eigenvalue weighted by Gasteiger charge is -2.02. The Morgan fingerprint density at radius 2 is 2.06 bits per heavy atom. The van der Waals surface area contributed by atoms with Gasteiger partial charge in [-0.1, -0.05) is 32.6 Å². The van der Waals surface area contributed by atoms with E-state index in [1.54, 1.807) is 6.07 Å². The zero-order valence-corrected chi connectivity index (χ0v) is 10.1. The minimum atomic E-state index is 0.107. The monoisotopic (exact) mass is 234 g/mol. The van der Waals surface area contributed by atoms with Gasteiger partial charge >= 0.3 is 0 Å². The molecule has 0 saturated carbocycles. The minimum absolute atomic E-state index is 0.107. The molecule has 92 valence electrons. The predicted molar refractivity (Wildman–Crippen MR) is 64.9 cm³/mol. The quantitative estimate of drug-likeness (QED) is 0.779. The molecular weight excluding hydrogens is 216 g/mol. The Kier molecular flexibility index (Phi) is 3.90. The topological polar surface area (TPSA) is 63.3 Å². The summed E-state index contributed by atoms with van der Waals surface area (Å²) in [4.78, 5) is 8.32. The number of fused-ring (bicyclic) bond motifs is 1. The van der Waals surface area contributed by atoms with Crippen molar-refractivity contribution in [2.75, 3.05) is 0 Å². The Bertz CT molecular complexity index is 480. The molecule has 0 saturated heterocycles. The van der Waals surface area contributed by atoms with E-state index in [4.69, 9.17) is 0 Å². The molecule has 17 heavy (non-hydrogen) atoms. The largest absolute Gasteiger partial charge is 0.493 e. The molecule has 2 aromatic rings. The highest BCUT2D eigenvalue weighted by atomic mass is 16.3. The summed E-state index contributed by atoms with van der Waals surface area (Å²) in [6.07, 6.45) is 8.43. The van der Waals surface area contributed by atoms with Crippen LogP contribution >= 0.6 is 0 Å². The van der Waals surface area contributed by atoms with Crippen LogP contribution in [0.4, 0.5) is 0 Å². The maximum Gasteiger partial charge on any atom is 0.255 e. The van der Waals surface area contributed by atoms with Gasteiger partial charge in [0.15, 0.2) is 0 Å². The van der Waals surface area contributed by atoms with Crippen molar-refractivity contribution in [3.05, 3.63) is 18.1 Å². The van der Waals surface area contributed by atoms with Crippen molar-refractivity contribution in [2.45, 2.75) is 45.4 Å². The molecule has 1 N–H and O–H groups in total. The maximum atomic E-state index is 9.70. The number of aromatic nitrogens is 4. The van der Waals surface area contributed by atoms with Gasteiger partial charge in [-0.05, 0) is 12.8 Å². The third-order valence-electron chi connectivity index (χ3n) is 2.82. The second kappa shape index (κ2) is 5.61. The highest BCUT2D eigenvalue weighted by molar-refractivity contribution is 5.32. The zero-order valence-electron chi connectivity index (χ0n) is 10.1. The number of hydrogen-bond acceptors (Lipinski definition) is 4. The van der Waals surface area contributed by atoms with Crippen LogP contribution < -0.4 is 0 Å². The van der Waals surface area contributed by atoms with Crippen molar-refractivity contribution < 1.29 is 5.11 Å². The summed E-state index contributed by atoms with van der Waals surface area (Å²) < 4.78 is 1.33. The molecule has 2 aromatic heterocycles. The van der Waals surface area contributed by atoms with Crippen LogP contribution in [-0.4, -0.2) is 24.7 Å². The smallest absolute Gasteiger partial charge is 0.255 e. The lowest BCUT2D eigenvalue weighted by Crippen LogP contribution is -1.97. The summed E-state index contributed by atoms with van der Waals surface area (Å²) in [5.74, 6) is 0.574. The summed E-state index contributed by atoms with van der Waals surface area (Å²) in [7, 11) is 0. The lowest BCUT2D eigenvalue weighted by atomic mass is 10.1. The molecule has 0 radical (unpaired) electrons. The highest BCUT2D eigenvalue weighted by Crippen LogP contribution is 2.13. The van der Waals surface area contributed by atoms with Gasteiger partial charge in [-0.3, -0.25) is 0 Å². The molecule has 5 nitrogen and oxygen atoms in total. The Balaban J connectivity index is 1.94. The summed E-state index contributed by atoms with van der Waals surface area (Å²) in [6.45, 7) is 2.21. The van der Waals surface area contributed by atoms with Crippen molar-refractivity contribution >= 4 is 5.78 Å². The first-order valence-corrected chi connectivity index (χ1v) is 6.20. The Morgan fingerprint density at radius 3 is 2.88 bits per heavy atom. The molecule has 0 unspecified atom stereocenters. The second-order valence-corrected chi connectivity index (χ2v) is 4.24. The van der Waals surface area contributed by atoms with Crippen molar-refractivity contribution in [2.24, 2.45) is 0 Å². The molecule has 0 bridgehead atoms. The molecule has 5 heteroatoms. The summed E-state index contributed by atoms with van der Waals surface area (Å²) in [5, 5.41) is 13.6. The molecule has 0 aromatic carbocycles. The average molecular weight is 234 g/mol. The molecule has 0 aliphatic heterocycles. The van der Waals surface area contributed by atoms with E-state index in [0.29, 0.717) is 5.78 Å². The van der Waals surface area contributed by atoms with Gasteiger partial charge in [0, 0.05) is 11.8 Å². The number of aryl methyl sites for hydroxylation is 1. The first kappa shape index (κ1) is 11.8. The number of hydrogen-bond donors (Lipinski definition) is 1. The predicted octanol–water partition coefficient (Wildman–Crippen LogP) is 2.34. The van der Waals surface area contributed by atoms with Crippen molar-refractivity contribution in [3.63, 3.8) is 0 Å². The van der Waals surface area contributed by atoms with Crippen LogP contribution in [0, 0.1) is 0 Å². The van der Waals surface area contributed by atoms with E-state index >= 15 is 0 Å².